The fourth-order valence-electron chi connectivity index (χ4n) is 3.06. The molecule has 4 rings (SSSR count). The van der Waals surface area contributed by atoms with Gasteiger partial charge in [-0.25, -0.2) is 14.8 Å². The molecule has 3 aromatic rings. The SMILES string of the molecule is O=C1NC[C@H](c2cccc(C(F)(F)F)c2)N1c1cnc(Oc2ccc(Cl)cc2)cn1. The van der Waals surface area contributed by atoms with Crippen LogP contribution in [0.25, 0.3) is 0 Å². The highest BCUT2D eigenvalue weighted by atomic mass is 35.5. The van der Waals surface area contributed by atoms with Gasteiger partial charge >= 0.3 is 12.2 Å². The second-order valence-electron chi connectivity index (χ2n) is 6.46. The number of hydrogen-bond donors (Lipinski definition) is 1. The van der Waals surface area contributed by atoms with E-state index in [-0.39, 0.29) is 18.2 Å². The van der Waals surface area contributed by atoms with Gasteiger partial charge in [0.15, 0.2) is 5.82 Å². The fourth-order valence-corrected chi connectivity index (χ4v) is 3.19. The van der Waals surface area contributed by atoms with Crippen LogP contribution in [-0.4, -0.2) is 22.5 Å². The molecule has 0 spiro atoms. The van der Waals surface area contributed by atoms with Crippen LogP contribution in [0.1, 0.15) is 17.2 Å². The van der Waals surface area contributed by atoms with Crippen LogP contribution in [0.4, 0.5) is 23.8 Å². The Morgan fingerprint density at radius 2 is 1.87 bits per heavy atom. The Kier molecular flexibility index (Phi) is 5.21. The topological polar surface area (TPSA) is 67.4 Å². The minimum atomic E-state index is -4.47. The van der Waals surface area contributed by atoms with Gasteiger partial charge < -0.3 is 10.1 Å². The van der Waals surface area contributed by atoms with Gasteiger partial charge in [0.25, 0.3) is 0 Å². The number of nitrogens with one attached hydrogen (secondary N) is 1. The monoisotopic (exact) mass is 434 g/mol. The van der Waals surface area contributed by atoms with Gasteiger partial charge in [-0.2, -0.15) is 13.2 Å². The van der Waals surface area contributed by atoms with Crippen molar-refractivity contribution in [2.24, 2.45) is 0 Å². The number of carbonyl (C=O) groups excluding carboxylic acids is 1. The predicted molar refractivity (Wildman–Crippen MR) is 104 cm³/mol. The summed E-state index contributed by atoms with van der Waals surface area (Å²) in [6.45, 7) is 0.144. The summed E-state index contributed by atoms with van der Waals surface area (Å²) in [5.74, 6) is 0.884. The van der Waals surface area contributed by atoms with E-state index in [9.17, 15) is 18.0 Å². The number of ether oxygens (including phenoxy) is 1. The normalized spacial score (nSPS) is 16.5. The molecular formula is C20H14ClF3N4O2. The van der Waals surface area contributed by atoms with Gasteiger partial charge in [0.2, 0.25) is 5.88 Å². The molecule has 1 aromatic heterocycles. The van der Waals surface area contributed by atoms with Gasteiger partial charge in [0, 0.05) is 11.6 Å². The van der Waals surface area contributed by atoms with E-state index < -0.39 is 23.8 Å². The molecule has 1 aliphatic rings. The highest BCUT2D eigenvalue weighted by Crippen LogP contribution is 2.34. The van der Waals surface area contributed by atoms with Crippen molar-refractivity contribution >= 4 is 23.4 Å². The molecule has 0 bridgehead atoms. The number of urea groups is 1. The molecule has 1 N–H and O–H groups in total. The summed E-state index contributed by atoms with van der Waals surface area (Å²) < 4.78 is 44.7. The number of alkyl halides is 3. The van der Waals surface area contributed by atoms with Gasteiger partial charge in [-0.05, 0) is 42.0 Å². The van der Waals surface area contributed by atoms with E-state index in [2.05, 4.69) is 15.3 Å². The lowest BCUT2D eigenvalue weighted by Gasteiger charge is -2.23. The quantitative estimate of drug-likeness (QED) is 0.612. The van der Waals surface area contributed by atoms with Crippen molar-refractivity contribution in [2.45, 2.75) is 12.2 Å². The lowest BCUT2D eigenvalue weighted by atomic mass is 10.0. The molecule has 1 saturated heterocycles. The average Bonchev–Trinajstić information content (AvgIpc) is 3.11. The van der Waals surface area contributed by atoms with Crippen molar-refractivity contribution in [1.29, 1.82) is 0 Å². The van der Waals surface area contributed by atoms with Crippen LogP contribution in [0.5, 0.6) is 11.6 Å². The summed E-state index contributed by atoms with van der Waals surface area (Å²) in [5, 5.41) is 3.19. The highest BCUT2D eigenvalue weighted by Gasteiger charge is 2.36. The molecule has 2 heterocycles. The summed E-state index contributed by atoms with van der Waals surface area (Å²) in [4.78, 5) is 21.9. The van der Waals surface area contributed by atoms with Crippen LogP contribution in [0.3, 0.4) is 0 Å². The summed E-state index contributed by atoms with van der Waals surface area (Å²) >= 11 is 5.83. The average molecular weight is 435 g/mol. The minimum Gasteiger partial charge on any atom is -0.438 e. The molecule has 0 aliphatic carbocycles. The third-order valence-corrected chi connectivity index (χ3v) is 4.73. The second-order valence-corrected chi connectivity index (χ2v) is 6.90. The zero-order valence-corrected chi connectivity index (χ0v) is 16.0. The first-order chi connectivity index (χ1) is 14.3. The summed E-state index contributed by atoms with van der Waals surface area (Å²) in [6, 6.07) is 10.4. The van der Waals surface area contributed by atoms with Gasteiger partial charge in [-0.15, -0.1) is 0 Å². The Hall–Kier alpha value is -3.33. The molecule has 30 heavy (non-hydrogen) atoms. The van der Waals surface area contributed by atoms with Crippen molar-refractivity contribution in [2.75, 3.05) is 11.4 Å². The number of amides is 2. The maximum absolute atomic E-state index is 13.1. The number of halogens is 4. The van der Waals surface area contributed by atoms with E-state index in [0.717, 1.165) is 12.1 Å². The molecule has 6 nitrogen and oxygen atoms in total. The van der Waals surface area contributed by atoms with Gasteiger partial charge in [0.05, 0.1) is 24.0 Å². The van der Waals surface area contributed by atoms with Crippen molar-refractivity contribution < 1.29 is 22.7 Å². The van der Waals surface area contributed by atoms with E-state index in [4.69, 9.17) is 16.3 Å². The lowest BCUT2D eigenvalue weighted by Crippen LogP contribution is -2.30. The molecule has 2 amide bonds. The Labute approximate surface area is 174 Å². The second kappa shape index (κ2) is 7.83. The molecule has 0 unspecified atom stereocenters. The van der Waals surface area contributed by atoms with Crippen LogP contribution >= 0.6 is 11.6 Å². The number of anilines is 1. The largest absolute Gasteiger partial charge is 0.438 e. The number of carbonyl (C=O) groups is 1. The predicted octanol–water partition coefficient (Wildman–Crippen LogP) is 5.21. The molecule has 0 saturated carbocycles. The molecule has 1 aliphatic heterocycles. The number of nitrogens with zero attached hydrogens (tertiary/aromatic N) is 3. The van der Waals surface area contributed by atoms with Crippen molar-refractivity contribution in [3.63, 3.8) is 0 Å². The van der Waals surface area contributed by atoms with Crippen LogP contribution in [0.2, 0.25) is 5.02 Å². The van der Waals surface area contributed by atoms with Crippen molar-refractivity contribution in [3.8, 4) is 11.6 Å². The molecule has 2 aromatic carbocycles. The maximum Gasteiger partial charge on any atom is 0.416 e. The maximum atomic E-state index is 13.1. The Bertz CT molecular complexity index is 1060. The Morgan fingerprint density at radius 3 is 2.53 bits per heavy atom. The van der Waals surface area contributed by atoms with Gasteiger partial charge in [-0.1, -0.05) is 23.7 Å². The number of aromatic nitrogens is 2. The van der Waals surface area contributed by atoms with E-state index in [1.54, 1.807) is 30.3 Å². The number of hydrogen-bond acceptors (Lipinski definition) is 4. The first-order valence-corrected chi connectivity index (χ1v) is 9.19. The van der Waals surface area contributed by atoms with Crippen molar-refractivity contribution in [3.05, 3.63) is 77.1 Å². The zero-order chi connectivity index (χ0) is 21.3. The highest BCUT2D eigenvalue weighted by molar-refractivity contribution is 6.30. The van der Waals surface area contributed by atoms with E-state index in [0.29, 0.717) is 16.3 Å². The summed E-state index contributed by atoms with van der Waals surface area (Å²) in [6.07, 6.45) is -1.81. The Balaban J connectivity index is 1.57. The standard InChI is InChI=1S/C20H14ClF3N4O2/c21-14-4-6-15(7-5-14)30-18-11-25-17(10-26-18)28-16(9-27-19(28)29)12-2-1-3-13(8-12)20(22,23)24/h1-8,10-11,16H,9H2,(H,27,29)/t16-/m1/s1. The van der Waals surface area contributed by atoms with Crippen molar-refractivity contribution in [1.82, 2.24) is 15.3 Å². The molecule has 10 heteroatoms. The third kappa shape index (κ3) is 4.16. The van der Waals surface area contributed by atoms with Crippen LogP contribution in [0.15, 0.2) is 60.9 Å². The van der Waals surface area contributed by atoms with Gasteiger partial charge in [0.1, 0.15) is 5.75 Å². The number of benzene rings is 2. The van der Waals surface area contributed by atoms with Crippen LogP contribution < -0.4 is 15.0 Å². The minimum absolute atomic E-state index is 0.144. The summed E-state index contributed by atoms with van der Waals surface area (Å²) in [5.41, 5.74) is -0.441. The van der Waals surface area contributed by atoms with E-state index in [1.807, 2.05) is 0 Å². The van der Waals surface area contributed by atoms with E-state index in [1.165, 1.54) is 23.4 Å². The zero-order valence-electron chi connectivity index (χ0n) is 15.2. The van der Waals surface area contributed by atoms with Crippen LogP contribution in [0, 0.1) is 0 Å². The van der Waals surface area contributed by atoms with E-state index >= 15 is 0 Å². The molecule has 154 valence electrons. The smallest absolute Gasteiger partial charge is 0.416 e. The molecule has 1 fully saturated rings. The lowest BCUT2D eigenvalue weighted by molar-refractivity contribution is -0.137. The third-order valence-electron chi connectivity index (χ3n) is 4.47. The fraction of sp³-hybridized carbons (Fsp3) is 0.150. The first-order valence-electron chi connectivity index (χ1n) is 8.81. The number of rotatable bonds is 4. The summed E-state index contributed by atoms with van der Waals surface area (Å²) in [7, 11) is 0. The molecular weight excluding hydrogens is 421 g/mol. The Morgan fingerprint density at radius 1 is 1.10 bits per heavy atom. The van der Waals surface area contributed by atoms with Crippen LogP contribution in [-0.2, 0) is 6.18 Å². The molecule has 1 atom stereocenters. The molecule has 0 radical (unpaired) electrons. The first kappa shape index (κ1) is 20.0. The van der Waals surface area contributed by atoms with Gasteiger partial charge in [-0.3, -0.25) is 4.90 Å².